The van der Waals surface area contributed by atoms with E-state index in [1.54, 1.807) is 0 Å². The molecule has 1 aromatic carbocycles. The number of hydrogen-bond acceptors (Lipinski definition) is 2. The molecule has 1 atom stereocenters. The third-order valence-electron chi connectivity index (χ3n) is 3.85. The first-order chi connectivity index (χ1) is 8.90. The third-order valence-corrected chi connectivity index (χ3v) is 5.44. The fraction of sp³-hybridized carbons (Fsp3) is 0.533. The van der Waals surface area contributed by atoms with Crippen molar-refractivity contribution < 1.29 is 14.1 Å². The average molecular weight is 280 g/mol. The standard InChI is InChI=1S/C15H20O3S/c1-11-3-4-13(7-12(11)2)9-19(18)10-15(5-6-15)8-14(16)17/h3-4,7H,5-6,8-10H2,1-2H3,(H,16,17). The minimum atomic E-state index is -0.973. The first-order valence-electron chi connectivity index (χ1n) is 6.53. The summed E-state index contributed by atoms with van der Waals surface area (Å²) < 4.78 is 12.2. The van der Waals surface area contributed by atoms with Gasteiger partial charge in [0.15, 0.2) is 0 Å². The maximum absolute atomic E-state index is 12.2. The molecule has 0 aliphatic heterocycles. The summed E-state index contributed by atoms with van der Waals surface area (Å²) in [7, 11) is -0.973. The summed E-state index contributed by atoms with van der Waals surface area (Å²) in [6.07, 6.45) is 1.96. The Morgan fingerprint density at radius 3 is 2.53 bits per heavy atom. The summed E-state index contributed by atoms with van der Waals surface area (Å²) in [4.78, 5) is 10.8. The molecule has 0 saturated heterocycles. The van der Waals surface area contributed by atoms with Crippen molar-refractivity contribution in [1.29, 1.82) is 0 Å². The van der Waals surface area contributed by atoms with Crippen LogP contribution in [0.3, 0.4) is 0 Å². The van der Waals surface area contributed by atoms with Gasteiger partial charge in [-0.3, -0.25) is 9.00 Å². The molecule has 4 heteroatoms. The first-order valence-corrected chi connectivity index (χ1v) is 8.02. The van der Waals surface area contributed by atoms with Crippen LogP contribution in [0.25, 0.3) is 0 Å². The van der Waals surface area contributed by atoms with Crippen molar-refractivity contribution >= 4 is 16.8 Å². The Balaban J connectivity index is 1.94. The van der Waals surface area contributed by atoms with E-state index < -0.39 is 16.8 Å². The predicted molar refractivity (Wildman–Crippen MR) is 76.5 cm³/mol. The second kappa shape index (κ2) is 5.45. The van der Waals surface area contributed by atoms with Crippen molar-refractivity contribution in [3.63, 3.8) is 0 Å². The molecule has 1 aliphatic carbocycles. The molecule has 104 valence electrons. The van der Waals surface area contributed by atoms with E-state index in [0.717, 1.165) is 18.4 Å². The van der Waals surface area contributed by atoms with Crippen molar-refractivity contribution in [1.82, 2.24) is 0 Å². The topological polar surface area (TPSA) is 54.4 Å². The molecular formula is C15H20O3S. The molecule has 1 unspecified atom stereocenters. The largest absolute Gasteiger partial charge is 0.481 e. The zero-order chi connectivity index (χ0) is 14.0. The minimum absolute atomic E-state index is 0.158. The molecule has 0 aromatic heterocycles. The monoisotopic (exact) mass is 280 g/mol. The molecule has 0 heterocycles. The molecule has 1 saturated carbocycles. The van der Waals surface area contributed by atoms with Gasteiger partial charge in [0.05, 0.1) is 6.42 Å². The van der Waals surface area contributed by atoms with Crippen LogP contribution >= 0.6 is 0 Å². The fourth-order valence-corrected chi connectivity index (χ4v) is 4.07. The van der Waals surface area contributed by atoms with Crippen LogP contribution in [0.15, 0.2) is 18.2 Å². The summed E-state index contributed by atoms with van der Waals surface area (Å²) in [6.45, 7) is 4.11. The van der Waals surface area contributed by atoms with Crippen molar-refractivity contribution in [3.05, 3.63) is 34.9 Å². The number of carboxylic acids is 1. The molecule has 0 amide bonds. The van der Waals surface area contributed by atoms with Gasteiger partial charge < -0.3 is 5.11 Å². The number of rotatable bonds is 6. The van der Waals surface area contributed by atoms with E-state index in [9.17, 15) is 9.00 Å². The first kappa shape index (κ1) is 14.3. The number of carboxylic acid groups (broad SMARTS) is 1. The Kier molecular flexibility index (Phi) is 4.09. The molecule has 19 heavy (non-hydrogen) atoms. The Morgan fingerprint density at radius 1 is 1.32 bits per heavy atom. The molecule has 3 nitrogen and oxygen atoms in total. The van der Waals surface area contributed by atoms with Gasteiger partial charge in [-0.05, 0) is 48.8 Å². The van der Waals surface area contributed by atoms with Crippen LogP contribution in [0.5, 0.6) is 0 Å². The average Bonchev–Trinajstić information content (AvgIpc) is 3.01. The SMILES string of the molecule is Cc1ccc(CS(=O)CC2(CC(=O)O)CC2)cc1C. The Bertz CT molecular complexity index is 518. The van der Waals surface area contributed by atoms with Gasteiger partial charge in [0.1, 0.15) is 0 Å². The Labute approximate surface area is 116 Å². The molecule has 0 bridgehead atoms. The van der Waals surface area contributed by atoms with Crippen molar-refractivity contribution in [2.24, 2.45) is 5.41 Å². The molecule has 0 radical (unpaired) electrons. The summed E-state index contributed by atoms with van der Waals surface area (Å²) >= 11 is 0. The van der Waals surface area contributed by atoms with Gasteiger partial charge in [-0.25, -0.2) is 0 Å². The van der Waals surface area contributed by atoms with Crippen molar-refractivity contribution in [3.8, 4) is 0 Å². The number of benzene rings is 1. The maximum Gasteiger partial charge on any atom is 0.303 e. The molecule has 1 fully saturated rings. The van der Waals surface area contributed by atoms with E-state index in [0.29, 0.717) is 11.5 Å². The van der Waals surface area contributed by atoms with Crippen LogP contribution in [-0.4, -0.2) is 21.0 Å². The van der Waals surface area contributed by atoms with Crippen LogP contribution in [-0.2, 0) is 21.3 Å². The van der Waals surface area contributed by atoms with Gasteiger partial charge in [-0.15, -0.1) is 0 Å². The van der Waals surface area contributed by atoms with Gasteiger partial charge in [0.25, 0.3) is 0 Å². The van der Waals surface area contributed by atoms with Gasteiger partial charge in [0, 0.05) is 22.3 Å². The Morgan fingerprint density at radius 2 is 2.00 bits per heavy atom. The number of carbonyl (C=O) groups is 1. The molecule has 0 spiro atoms. The van der Waals surface area contributed by atoms with E-state index in [4.69, 9.17) is 5.11 Å². The van der Waals surface area contributed by atoms with Crippen LogP contribution in [0.1, 0.15) is 36.0 Å². The smallest absolute Gasteiger partial charge is 0.303 e. The number of aliphatic carboxylic acids is 1. The lowest BCUT2D eigenvalue weighted by molar-refractivity contribution is -0.138. The Hall–Kier alpha value is -1.16. The van der Waals surface area contributed by atoms with Crippen LogP contribution < -0.4 is 0 Å². The maximum atomic E-state index is 12.2. The van der Waals surface area contributed by atoms with Crippen LogP contribution in [0.4, 0.5) is 0 Å². The molecular weight excluding hydrogens is 260 g/mol. The summed E-state index contributed by atoms with van der Waals surface area (Å²) in [5.74, 6) is 0.273. The lowest BCUT2D eigenvalue weighted by Crippen LogP contribution is -2.17. The van der Waals surface area contributed by atoms with Crippen molar-refractivity contribution in [2.45, 2.75) is 38.9 Å². The second-order valence-corrected chi connectivity index (χ2v) is 7.17. The quantitative estimate of drug-likeness (QED) is 0.871. The number of hydrogen-bond donors (Lipinski definition) is 1. The van der Waals surface area contributed by atoms with Gasteiger partial charge in [0.2, 0.25) is 0 Å². The highest BCUT2D eigenvalue weighted by Crippen LogP contribution is 2.49. The highest BCUT2D eigenvalue weighted by atomic mass is 32.2. The molecule has 1 N–H and O–H groups in total. The molecule has 1 aromatic rings. The zero-order valence-corrected chi connectivity index (χ0v) is 12.3. The third kappa shape index (κ3) is 3.90. The highest BCUT2D eigenvalue weighted by molar-refractivity contribution is 7.84. The second-order valence-electron chi connectivity index (χ2n) is 5.72. The van der Waals surface area contributed by atoms with Crippen LogP contribution in [0, 0.1) is 19.3 Å². The molecule has 2 rings (SSSR count). The lowest BCUT2D eigenvalue weighted by atomic mass is 10.1. The molecule has 1 aliphatic rings. The number of aryl methyl sites for hydroxylation is 2. The zero-order valence-electron chi connectivity index (χ0n) is 11.4. The summed E-state index contributed by atoms with van der Waals surface area (Å²) in [5.41, 5.74) is 3.34. The van der Waals surface area contributed by atoms with Crippen molar-refractivity contribution in [2.75, 3.05) is 5.75 Å². The van der Waals surface area contributed by atoms with E-state index in [2.05, 4.69) is 19.9 Å². The normalized spacial score (nSPS) is 18.0. The summed E-state index contributed by atoms with van der Waals surface area (Å²) in [6, 6.07) is 6.13. The van der Waals surface area contributed by atoms with Gasteiger partial charge in [-0.2, -0.15) is 0 Å². The van der Waals surface area contributed by atoms with Gasteiger partial charge >= 0.3 is 5.97 Å². The van der Waals surface area contributed by atoms with E-state index >= 15 is 0 Å². The lowest BCUT2D eigenvalue weighted by Gasteiger charge is -2.12. The van der Waals surface area contributed by atoms with E-state index in [1.165, 1.54) is 11.1 Å². The van der Waals surface area contributed by atoms with Crippen LogP contribution in [0.2, 0.25) is 0 Å². The van der Waals surface area contributed by atoms with E-state index in [1.807, 2.05) is 12.1 Å². The minimum Gasteiger partial charge on any atom is -0.481 e. The summed E-state index contributed by atoms with van der Waals surface area (Å²) in [5, 5.41) is 8.86. The fourth-order valence-electron chi connectivity index (χ4n) is 2.34. The highest BCUT2D eigenvalue weighted by Gasteiger charge is 2.45. The van der Waals surface area contributed by atoms with E-state index in [-0.39, 0.29) is 11.8 Å². The predicted octanol–water partition coefficient (Wildman–Crippen LogP) is 2.81. The van der Waals surface area contributed by atoms with Gasteiger partial charge in [-0.1, -0.05) is 18.2 Å².